The number of nitrogens with one attached hydrogen (secondary N) is 2. The number of nitro groups is 1. The summed E-state index contributed by atoms with van der Waals surface area (Å²) >= 11 is 6.53. The molecule has 1 heterocycles. The van der Waals surface area contributed by atoms with E-state index in [0.29, 0.717) is 5.69 Å². The van der Waals surface area contributed by atoms with Gasteiger partial charge in [-0.1, -0.05) is 22.9 Å². The molecule has 0 bridgehead atoms. The maximum absolute atomic E-state index is 12.0. The molecule has 112 valence electrons. The molecule has 0 amide bonds. The Morgan fingerprint density at radius 2 is 2.14 bits per heavy atom. The fourth-order valence-corrected chi connectivity index (χ4v) is 3.25. The minimum atomic E-state index is -3.95. The van der Waals surface area contributed by atoms with Crippen molar-refractivity contribution in [3.63, 3.8) is 0 Å². The van der Waals surface area contributed by atoms with Gasteiger partial charge in [-0.15, -0.1) is 0 Å². The fraction of sp³-hybridized carbons (Fsp3) is 0.100. The number of rotatable bonds is 5. The highest BCUT2D eigenvalue weighted by atomic mass is 35.5. The summed E-state index contributed by atoms with van der Waals surface area (Å²) in [6, 6.07) is 3.18. The van der Waals surface area contributed by atoms with Gasteiger partial charge in [-0.25, -0.2) is 13.1 Å². The Balaban J connectivity index is 2.25. The number of halogens is 1. The van der Waals surface area contributed by atoms with Crippen LogP contribution in [-0.2, 0) is 16.6 Å². The third kappa shape index (κ3) is 3.67. The normalized spacial score (nSPS) is 11.5. The molecule has 0 aliphatic carbocycles. The molecule has 2 rings (SSSR count). The summed E-state index contributed by atoms with van der Waals surface area (Å²) in [6.07, 6.45) is 0. The molecule has 1 aromatic heterocycles. The van der Waals surface area contributed by atoms with Gasteiger partial charge in [0.25, 0.3) is 5.69 Å². The monoisotopic (exact) mass is 349 g/mol. The molecule has 2 N–H and O–H groups in total. The first-order valence-electron chi connectivity index (χ1n) is 5.40. The molecule has 0 saturated heterocycles. The molecule has 0 aliphatic heterocycles. The van der Waals surface area contributed by atoms with Gasteiger partial charge in [0.15, 0.2) is 0 Å². The molecular weight excluding hydrogens is 342 g/mol. The van der Waals surface area contributed by atoms with Gasteiger partial charge in [0.05, 0.1) is 16.4 Å². The molecule has 0 unspecified atom stereocenters. The summed E-state index contributed by atoms with van der Waals surface area (Å²) in [5, 5.41) is 12.1. The van der Waals surface area contributed by atoms with Gasteiger partial charge < -0.3 is 4.98 Å². The van der Waals surface area contributed by atoms with Crippen LogP contribution in [-0.4, -0.2) is 18.3 Å². The second-order valence-electron chi connectivity index (χ2n) is 3.87. The molecule has 1 aromatic carbocycles. The van der Waals surface area contributed by atoms with Crippen LogP contribution < -0.4 is 9.60 Å². The molecule has 0 atom stereocenters. The lowest BCUT2D eigenvalue weighted by molar-refractivity contribution is -0.384. The zero-order chi connectivity index (χ0) is 15.6. The van der Waals surface area contributed by atoms with Gasteiger partial charge in [0.1, 0.15) is 5.02 Å². The van der Waals surface area contributed by atoms with Gasteiger partial charge >= 0.3 is 4.87 Å². The van der Waals surface area contributed by atoms with E-state index in [0.717, 1.165) is 29.5 Å². The second kappa shape index (κ2) is 5.93. The van der Waals surface area contributed by atoms with Crippen LogP contribution in [0.3, 0.4) is 0 Å². The Morgan fingerprint density at radius 1 is 1.43 bits per heavy atom. The standard InChI is InChI=1S/C10H8ClN3O5S2/c11-8-2-1-7(3-9(8)14(16)17)21(18,19)12-4-6-5-20-10(15)13-6/h1-3,5,12H,4H2,(H,13,15). The highest BCUT2D eigenvalue weighted by molar-refractivity contribution is 7.89. The van der Waals surface area contributed by atoms with Gasteiger partial charge in [-0.3, -0.25) is 14.9 Å². The Morgan fingerprint density at radius 3 is 2.71 bits per heavy atom. The Labute approximate surface area is 127 Å². The van der Waals surface area contributed by atoms with Crippen molar-refractivity contribution in [2.75, 3.05) is 0 Å². The summed E-state index contributed by atoms with van der Waals surface area (Å²) in [5.41, 5.74) is -0.0967. The molecule has 0 fully saturated rings. The molecule has 21 heavy (non-hydrogen) atoms. The molecular formula is C10H8ClN3O5S2. The van der Waals surface area contributed by atoms with Crippen LogP contribution in [0.4, 0.5) is 5.69 Å². The van der Waals surface area contributed by atoms with Crippen LogP contribution in [0.15, 0.2) is 33.3 Å². The number of nitro benzene ring substituents is 1. The Hall–Kier alpha value is -1.75. The lowest BCUT2D eigenvalue weighted by atomic mass is 10.3. The molecule has 0 aliphatic rings. The summed E-state index contributed by atoms with van der Waals surface area (Å²) in [7, 11) is -3.95. The van der Waals surface area contributed by atoms with E-state index in [2.05, 4.69) is 9.71 Å². The average Bonchev–Trinajstić information content (AvgIpc) is 2.82. The van der Waals surface area contributed by atoms with Crippen molar-refractivity contribution < 1.29 is 13.3 Å². The molecule has 11 heteroatoms. The van der Waals surface area contributed by atoms with E-state index in [1.54, 1.807) is 0 Å². The number of sulfonamides is 1. The number of hydrogen-bond donors (Lipinski definition) is 2. The first kappa shape index (κ1) is 15.6. The fourth-order valence-electron chi connectivity index (χ4n) is 1.46. The Bertz CT molecular complexity index is 842. The van der Waals surface area contributed by atoms with E-state index in [1.165, 1.54) is 5.38 Å². The first-order valence-corrected chi connectivity index (χ1v) is 8.14. The van der Waals surface area contributed by atoms with Crippen molar-refractivity contribution in [1.82, 2.24) is 9.71 Å². The number of thiazole rings is 1. The van der Waals surface area contributed by atoms with Crippen LogP contribution in [0, 0.1) is 10.1 Å². The number of aromatic nitrogens is 1. The molecule has 0 radical (unpaired) electrons. The van der Waals surface area contributed by atoms with Crippen molar-refractivity contribution in [2.24, 2.45) is 0 Å². The minimum Gasteiger partial charge on any atom is -0.315 e. The molecule has 0 saturated carbocycles. The van der Waals surface area contributed by atoms with Crippen LogP contribution in [0.5, 0.6) is 0 Å². The number of benzene rings is 1. The minimum absolute atomic E-state index is 0.127. The van der Waals surface area contributed by atoms with Crippen molar-refractivity contribution in [3.8, 4) is 0 Å². The third-order valence-electron chi connectivity index (χ3n) is 2.45. The van der Waals surface area contributed by atoms with Crippen molar-refractivity contribution >= 4 is 38.6 Å². The van der Waals surface area contributed by atoms with Crippen molar-refractivity contribution in [2.45, 2.75) is 11.4 Å². The van der Waals surface area contributed by atoms with Gasteiger partial charge in [-0.05, 0) is 12.1 Å². The largest absolute Gasteiger partial charge is 0.315 e. The lowest BCUT2D eigenvalue weighted by Gasteiger charge is -2.06. The summed E-state index contributed by atoms with van der Waals surface area (Å²) in [6.45, 7) is -0.127. The smallest absolute Gasteiger partial charge is 0.304 e. The van der Waals surface area contributed by atoms with Crippen molar-refractivity contribution in [3.05, 3.63) is 54.1 Å². The third-order valence-corrected chi connectivity index (χ3v) is 4.89. The molecule has 2 aromatic rings. The summed E-state index contributed by atoms with van der Waals surface area (Å²) < 4.78 is 26.3. The van der Waals surface area contributed by atoms with Gasteiger partial charge in [-0.2, -0.15) is 0 Å². The van der Waals surface area contributed by atoms with Crippen LogP contribution >= 0.6 is 22.9 Å². The van der Waals surface area contributed by atoms with E-state index >= 15 is 0 Å². The lowest BCUT2D eigenvalue weighted by Crippen LogP contribution is -2.23. The van der Waals surface area contributed by atoms with Crippen LogP contribution in [0.25, 0.3) is 0 Å². The Kier molecular flexibility index (Phi) is 4.42. The predicted octanol–water partition coefficient (Wildman–Crippen LogP) is 1.48. The topological polar surface area (TPSA) is 122 Å². The molecule has 0 spiro atoms. The predicted molar refractivity (Wildman–Crippen MR) is 77.1 cm³/mol. The van der Waals surface area contributed by atoms with Gasteiger partial charge in [0.2, 0.25) is 10.0 Å². The molecule has 8 nitrogen and oxygen atoms in total. The number of hydrogen-bond acceptors (Lipinski definition) is 6. The quantitative estimate of drug-likeness (QED) is 0.625. The van der Waals surface area contributed by atoms with E-state index in [-0.39, 0.29) is 21.3 Å². The maximum atomic E-state index is 12.0. The summed E-state index contributed by atoms with van der Waals surface area (Å²) in [4.78, 5) is 22.8. The number of aromatic amines is 1. The highest BCUT2D eigenvalue weighted by Gasteiger charge is 2.20. The van der Waals surface area contributed by atoms with Gasteiger partial charge in [0, 0.05) is 17.1 Å². The van der Waals surface area contributed by atoms with E-state index in [9.17, 15) is 23.3 Å². The SMILES string of the molecule is O=c1[nH]c(CNS(=O)(=O)c2ccc(Cl)c([N+](=O)[O-])c2)cs1. The maximum Gasteiger partial charge on any atom is 0.304 e. The zero-order valence-electron chi connectivity index (χ0n) is 10.2. The van der Waals surface area contributed by atoms with E-state index in [4.69, 9.17) is 11.6 Å². The van der Waals surface area contributed by atoms with Crippen molar-refractivity contribution in [1.29, 1.82) is 0 Å². The summed E-state index contributed by atoms with van der Waals surface area (Å²) in [5.74, 6) is 0. The van der Waals surface area contributed by atoms with Crippen LogP contribution in [0.2, 0.25) is 5.02 Å². The van der Waals surface area contributed by atoms with E-state index < -0.39 is 20.6 Å². The van der Waals surface area contributed by atoms with Crippen LogP contribution in [0.1, 0.15) is 5.69 Å². The zero-order valence-corrected chi connectivity index (χ0v) is 12.6. The highest BCUT2D eigenvalue weighted by Crippen LogP contribution is 2.26. The average molecular weight is 350 g/mol. The first-order chi connectivity index (χ1) is 9.79. The second-order valence-corrected chi connectivity index (χ2v) is 6.88. The van der Waals surface area contributed by atoms with E-state index in [1.807, 2.05) is 0 Å². The number of nitrogens with zero attached hydrogens (tertiary/aromatic N) is 1. The number of H-pyrrole nitrogens is 1.